The number of carbonyl (C=O) groups is 1. The molecule has 0 spiro atoms. The molecule has 1 saturated carbocycles. The van der Waals surface area contributed by atoms with Gasteiger partial charge < -0.3 is 10.1 Å². The number of nitrogens with zero attached hydrogens (tertiary/aromatic N) is 1. The molecule has 0 aromatic rings. The molecule has 1 amide bonds. The van der Waals surface area contributed by atoms with Gasteiger partial charge in [-0.2, -0.15) is 11.8 Å². The molecule has 126 valence electrons. The number of thioether (sulfide) groups is 1. The summed E-state index contributed by atoms with van der Waals surface area (Å²) in [6.45, 7) is 5.02. The van der Waals surface area contributed by atoms with Crippen molar-refractivity contribution in [2.24, 2.45) is 0 Å². The Morgan fingerprint density at radius 3 is 2.82 bits per heavy atom. The Bertz CT molecular complexity index is 374. The summed E-state index contributed by atoms with van der Waals surface area (Å²) in [5.41, 5.74) is 0. The highest BCUT2D eigenvalue weighted by Crippen LogP contribution is 2.30. The van der Waals surface area contributed by atoms with Gasteiger partial charge in [0.1, 0.15) is 0 Å². The van der Waals surface area contributed by atoms with Gasteiger partial charge in [-0.3, -0.25) is 9.69 Å². The van der Waals surface area contributed by atoms with Gasteiger partial charge >= 0.3 is 0 Å². The van der Waals surface area contributed by atoms with Crippen molar-refractivity contribution >= 4 is 17.7 Å². The summed E-state index contributed by atoms with van der Waals surface area (Å²) >= 11 is 2.05. The molecule has 2 saturated heterocycles. The van der Waals surface area contributed by atoms with Crippen LogP contribution in [0.3, 0.4) is 0 Å². The van der Waals surface area contributed by atoms with E-state index < -0.39 is 0 Å². The quantitative estimate of drug-likeness (QED) is 0.842. The van der Waals surface area contributed by atoms with E-state index in [0.717, 1.165) is 63.5 Å². The summed E-state index contributed by atoms with van der Waals surface area (Å²) in [4.78, 5) is 15.2. The Balaban J connectivity index is 1.50. The second-order valence-corrected chi connectivity index (χ2v) is 8.41. The predicted octanol–water partition coefficient (Wildman–Crippen LogP) is 2.42. The lowest BCUT2D eigenvalue weighted by atomic mass is 10.1. The third kappa shape index (κ3) is 3.98. The normalized spacial score (nSPS) is 34.1. The Hall–Kier alpha value is -0.260. The highest BCUT2D eigenvalue weighted by atomic mass is 32.2. The van der Waals surface area contributed by atoms with Crippen LogP contribution in [-0.2, 0) is 9.53 Å². The summed E-state index contributed by atoms with van der Waals surface area (Å²) in [7, 11) is 0. The molecule has 3 fully saturated rings. The first kappa shape index (κ1) is 16.6. The molecular formula is C17H30N2O2S. The number of amides is 1. The lowest BCUT2D eigenvalue weighted by Crippen LogP contribution is -2.51. The van der Waals surface area contributed by atoms with E-state index in [1.54, 1.807) is 0 Å². The van der Waals surface area contributed by atoms with Gasteiger partial charge in [0.25, 0.3) is 0 Å². The zero-order valence-corrected chi connectivity index (χ0v) is 14.6. The lowest BCUT2D eigenvalue weighted by Gasteiger charge is -2.35. The van der Waals surface area contributed by atoms with E-state index >= 15 is 0 Å². The van der Waals surface area contributed by atoms with Crippen LogP contribution in [0, 0.1) is 0 Å². The zero-order valence-electron chi connectivity index (χ0n) is 13.8. The molecule has 0 aromatic heterocycles. The Kier molecular flexibility index (Phi) is 6.05. The molecule has 0 unspecified atom stereocenters. The van der Waals surface area contributed by atoms with Gasteiger partial charge in [-0.15, -0.1) is 0 Å². The smallest absolute Gasteiger partial charge is 0.237 e. The average Bonchev–Trinajstić information content (AvgIpc) is 3.18. The molecule has 0 aromatic carbocycles. The van der Waals surface area contributed by atoms with Crippen LogP contribution in [0.2, 0.25) is 0 Å². The third-order valence-corrected chi connectivity index (χ3v) is 6.62. The third-order valence-electron chi connectivity index (χ3n) is 5.39. The van der Waals surface area contributed by atoms with Crippen LogP contribution < -0.4 is 5.32 Å². The molecule has 1 aliphatic carbocycles. The molecular weight excluding hydrogens is 296 g/mol. The van der Waals surface area contributed by atoms with Crippen molar-refractivity contribution in [3.8, 4) is 0 Å². The van der Waals surface area contributed by atoms with Gasteiger partial charge in [0, 0.05) is 30.5 Å². The van der Waals surface area contributed by atoms with E-state index in [2.05, 4.69) is 17.1 Å². The standard InChI is InChI=1S/C17H30N2O2S/c1-2-22-15-6-5-13(12-15)18-17(20)16-4-3-9-19(16)14-7-10-21-11-8-14/h13-16H,2-12H2,1H3,(H,18,20)/t13-,15-,16-/m1/s1. The average molecular weight is 327 g/mol. The summed E-state index contributed by atoms with van der Waals surface area (Å²) in [6, 6.07) is 1.08. The van der Waals surface area contributed by atoms with Crippen LogP contribution >= 0.6 is 11.8 Å². The number of rotatable bonds is 5. The topological polar surface area (TPSA) is 41.6 Å². The first-order chi connectivity index (χ1) is 10.8. The minimum atomic E-state index is 0.112. The fourth-order valence-corrected chi connectivity index (χ4v) is 5.42. The minimum Gasteiger partial charge on any atom is -0.381 e. The second kappa shape index (κ2) is 8.02. The fourth-order valence-electron chi connectivity index (χ4n) is 4.28. The van der Waals surface area contributed by atoms with E-state index in [0.29, 0.717) is 12.1 Å². The summed E-state index contributed by atoms with van der Waals surface area (Å²) in [6.07, 6.45) is 7.95. The Morgan fingerprint density at radius 2 is 2.05 bits per heavy atom. The molecule has 2 aliphatic heterocycles. The van der Waals surface area contributed by atoms with Crippen molar-refractivity contribution in [1.29, 1.82) is 0 Å². The van der Waals surface area contributed by atoms with E-state index in [-0.39, 0.29) is 11.9 Å². The van der Waals surface area contributed by atoms with Crippen molar-refractivity contribution < 1.29 is 9.53 Å². The summed E-state index contributed by atoms with van der Waals surface area (Å²) in [5, 5.41) is 4.11. The first-order valence-electron chi connectivity index (χ1n) is 9.03. The van der Waals surface area contributed by atoms with Crippen LogP contribution in [0.4, 0.5) is 0 Å². The summed E-state index contributed by atoms with van der Waals surface area (Å²) < 4.78 is 5.47. The monoisotopic (exact) mass is 326 g/mol. The molecule has 1 N–H and O–H groups in total. The Morgan fingerprint density at radius 1 is 1.23 bits per heavy atom. The maximum absolute atomic E-state index is 12.7. The van der Waals surface area contributed by atoms with Gasteiger partial charge in [0.2, 0.25) is 5.91 Å². The van der Waals surface area contributed by atoms with Gasteiger partial charge in [-0.1, -0.05) is 6.92 Å². The molecule has 3 aliphatic rings. The van der Waals surface area contributed by atoms with E-state index in [9.17, 15) is 4.79 Å². The molecule has 0 radical (unpaired) electrons. The van der Waals surface area contributed by atoms with E-state index in [1.165, 1.54) is 12.2 Å². The molecule has 22 heavy (non-hydrogen) atoms. The van der Waals surface area contributed by atoms with Crippen LogP contribution in [0.5, 0.6) is 0 Å². The van der Waals surface area contributed by atoms with Crippen molar-refractivity contribution in [2.45, 2.75) is 75.2 Å². The maximum atomic E-state index is 12.7. The van der Waals surface area contributed by atoms with Crippen LogP contribution in [0.15, 0.2) is 0 Å². The maximum Gasteiger partial charge on any atom is 0.237 e. The van der Waals surface area contributed by atoms with E-state index in [4.69, 9.17) is 4.74 Å². The number of likely N-dealkylation sites (tertiary alicyclic amines) is 1. The number of hydrogen-bond donors (Lipinski definition) is 1. The predicted molar refractivity (Wildman–Crippen MR) is 91.3 cm³/mol. The molecule has 3 atom stereocenters. The minimum absolute atomic E-state index is 0.112. The molecule has 3 rings (SSSR count). The van der Waals surface area contributed by atoms with Crippen molar-refractivity contribution in [2.75, 3.05) is 25.5 Å². The van der Waals surface area contributed by atoms with Gasteiger partial charge in [-0.05, 0) is 57.2 Å². The molecule has 4 nitrogen and oxygen atoms in total. The van der Waals surface area contributed by atoms with Gasteiger partial charge in [0.15, 0.2) is 0 Å². The summed E-state index contributed by atoms with van der Waals surface area (Å²) in [5.74, 6) is 1.47. The molecule has 5 heteroatoms. The van der Waals surface area contributed by atoms with Crippen molar-refractivity contribution in [1.82, 2.24) is 10.2 Å². The molecule has 2 heterocycles. The number of nitrogens with one attached hydrogen (secondary N) is 1. The van der Waals surface area contributed by atoms with E-state index in [1.807, 2.05) is 11.8 Å². The number of hydrogen-bond acceptors (Lipinski definition) is 4. The zero-order chi connectivity index (χ0) is 15.4. The highest BCUT2D eigenvalue weighted by Gasteiger charge is 2.37. The van der Waals surface area contributed by atoms with Crippen molar-refractivity contribution in [3.63, 3.8) is 0 Å². The van der Waals surface area contributed by atoms with Crippen LogP contribution in [0.1, 0.15) is 51.9 Å². The number of carbonyl (C=O) groups excluding carboxylic acids is 1. The Labute approximate surface area is 138 Å². The SMILES string of the molecule is CCS[C@@H]1CC[C@@H](NC(=O)[C@H]2CCCN2C2CCOCC2)C1. The molecule has 0 bridgehead atoms. The van der Waals surface area contributed by atoms with Gasteiger partial charge in [0.05, 0.1) is 6.04 Å². The highest BCUT2D eigenvalue weighted by molar-refractivity contribution is 7.99. The largest absolute Gasteiger partial charge is 0.381 e. The van der Waals surface area contributed by atoms with Crippen molar-refractivity contribution in [3.05, 3.63) is 0 Å². The number of ether oxygens (including phenoxy) is 1. The van der Waals surface area contributed by atoms with Gasteiger partial charge in [-0.25, -0.2) is 0 Å². The second-order valence-electron chi connectivity index (χ2n) is 6.84. The lowest BCUT2D eigenvalue weighted by molar-refractivity contribution is -0.127. The fraction of sp³-hybridized carbons (Fsp3) is 0.941. The van der Waals surface area contributed by atoms with Crippen LogP contribution in [0.25, 0.3) is 0 Å². The first-order valence-corrected chi connectivity index (χ1v) is 10.1. The van der Waals surface area contributed by atoms with Crippen LogP contribution in [-0.4, -0.2) is 59.7 Å².